The summed E-state index contributed by atoms with van der Waals surface area (Å²) in [5.74, 6) is -0.314. The normalized spacial score (nSPS) is 13.9. The molecular formula is C19H23N3O3. The Hall–Kier alpha value is -2.63. The molecule has 0 spiro atoms. The van der Waals surface area contributed by atoms with E-state index in [1.54, 1.807) is 6.07 Å². The SMILES string of the molecule is CCn1ccc(CC(=O)N2CCCCc3cc(C(=O)OC)ccc32)n1. The Morgan fingerprint density at radius 2 is 2.08 bits per heavy atom. The van der Waals surface area contributed by atoms with Crippen LogP contribution in [0.3, 0.4) is 0 Å². The summed E-state index contributed by atoms with van der Waals surface area (Å²) in [4.78, 5) is 26.4. The summed E-state index contributed by atoms with van der Waals surface area (Å²) in [6.07, 6.45) is 4.96. The first-order valence-electron chi connectivity index (χ1n) is 8.66. The van der Waals surface area contributed by atoms with Crippen LogP contribution in [0.1, 0.15) is 41.4 Å². The quantitative estimate of drug-likeness (QED) is 0.802. The molecule has 0 N–H and O–H groups in total. The third-order valence-corrected chi connectivity index (χ3v) is 4.52. The molecule has 0 bridgehead atoms. The molecule has 2 aromatic rings. The van der Waals surface area contributed by atoms with E-state index in [1.165, 1.54) is 7.11 Å². The molecular weight excluding hydrogens is 318 g/mol. The summed E-state index contributed by atoms with van der Waals surface area (Å²) in [7, 11) is 1.37. The summed E-state index contributed by atoms with van der Waals surface area (Å²) >= 11 is 0. The number of ether oxygens (including phenoxy) is 1. The fraction of sp³-hybridized carbons (Fsp3) is 0.421. The average Bonchev–Trinajstić information content (AvgIpc) is 2.97. The molecule has 1 aromatic carbocycles. The molecule has 0 aliphatic carbocycles. The minimum absolute atomic E-state index is 0.0373. The van der Waals surface area contributed by atoms with Crippen LogP contribution in [0.5, 0.6) is 0 Å². The van der Waals surface area contributed by atoms with Crippen LogP contribution in [0.4, 0.5) is 5.69 Å². The maximum Gasteiger partial charge on any atom is 0.337 e. The highest BCUT2D eigenvalue weighted by molar-refractivity contribution is 5.97. The largest absolute Gasteiger partial charge is 0.465 e. The van der Waals surface area contributed by atoms with Crippen LogP contribution in [0.25, 0.3) is 0 Å². The number of nitrogens with zero attached hydrogens (tertiary/aromatic N) is 3. The number of benzene rings is 1. The van der Waals surface area contributed by atoms with Crippen molar-refractivity contribution in [1.82, 2.24) is 9.78 Å². The number of carbonyl (C=O) groups is 2. The smallest absolute Gasteiger partial charge is 0.337 e. The van der Waals surface area contributed by atoms with Crippen molar-refractivity contribution in [2.45, 2.75) is 39.2 Å². The first-order chi connectivity index (χ1) is 12.1. The van der Waals surface area contributed by atoms with Crippen molar-refractivity contribution >= 4 is 17.6 Å². The van der Waals surface area contributed by atoms with Gasteiger partial charge in [-0.15, -0.1) is 0 Å². The van der Waals surface area contributed by atoms with Gasteiger partial charge in [-0.2, -0.15) is 5.10 Å². The Morgan fingerprint density at radius 3 is 2.80 bits per heavy atom. The summed E-state index contributed by atoms with van der Waals surface area (Å²) in [6.45, 7) is 3.50. The van der Waals surface area contributed by atoms with Crippen molar-refractivity contribution in [1.29, 1.82) is 0 Å². The van der Waals surface area contributed by atoms with E-state index in [0.717, 1.165) is 42.8 Å². The van der Waals surface area contributed by atoms with E-state index < -0.39 is 0 Å². The lowest BCUT2D eigenvalue weighted by atomic mass is 10.0. The van der Waals surface area contributed by atoms with E-state index in [-0.39, 0.29) is 18.3 Å². The Morgan fingerprint density at radius 1 is 1.24 bits per heavy atom. The van der Waals surface area contributed by atoms with Crippen molar-refractivity contribution in [2.75, 3.05) is 18.6 Å². The van der Waals surface area contributed by atoms with E-state index in [2.05, 4.69) is 5.10 Å². The summed E-state index contributed by atoms with van der Waals surface area (Å²) < 4.78 is 6.62. The Kier molecular flexibility index (Phi) is 5.16. The number of hydrogen-bond donors (Lipinski definition) is 0. The van der Waals surface area contributed by atoms with Crippen LogP contribution < -0.4 is 4.90 Å². The van der Waals surface area contributed by atoms with Gasteiger partial charge in [-0.25, -0.2) is 4.79 Å². The molecule has 2 heterocycles. The average molecular weight is 341 g/mol. The minimum atomic E-state index is -0.352. The molecule has 3 rings (SSSR count). The maximum absolute atomic E-state index is 12.8. The highest BCUT2D eigenvalue weighted by Crippen LogP contribution is 2.28. The third kappa shape index (κ3) is 3.73. The van der Waals surface area contributed by atoms with Crippen LogP contribution in [-0.2, 0) is 28.9 Å². The molecule has 1 amide bonds. The standard InChI is InChI=1S/C19H23N3O3/c1-3-21-11-9-16(20-21)13-18(23)22-10-5-4-6-14-12-15(19(24)25-2)7-8-17(14)22/h7-9,11-12H,3-6,10,13H2,1-2H3. The van der Waals surface area contributed by atoms with Crippen LogP contribution in [0.2, 0.25) is 0 Å². The number of methoxy groups -OCH3 is 1. The second kappa shape index (κ2) is 7.51. The van der Waals surface area contributed by atoms with E-state index >= 15 is 0 Å². The van der Waals surface area contributed by atoms with Gasteiger partial charge >= 0.3 is 5.97 Å². The summed E-state index contributed by atoms with van der Waals surface area (Å²) in [6, 6.07) is 7.32. The van der Waals surface area contributed by atoms with E-state index in [1.807, 2.05) is 40.9 Å². The minimum Gasteiger partial charge on any atom is -0.465 e. The van der Waals surface area contributed by atoms with Crippen molar-refractivity contribution < 1.29 is 14.3 Å². The molecule has 6 heteroatoms. The van der Waals surface area contributed by atoms with Gasteiger partial charge in [0.15, 0.2) is 0 Å². The van der Waals surface area contributed by atoms with Gasteiger partial charge in [0.1, 0.15) is 0 Å². The predicted molar refractivity (Wildman–Crippen MR) is 94.7 cm³/mol. The number of rotatable bonds is 4. The molecule has 0 atom stereocenters. The highest BCUT2D eigenvalue weighted by Gasteiger charge is 2.23. The number of anilines is 1. The number of aromatic nitrogens is 2. The third-order valence-electron chi connectivity index (χ3n) is 4.52. The molecule has 25 heavy (non-hydrogen) atoms. The fourth-order valence-electron chi connectivity index (χ4n) is 3.18. The van der Waals surface area contributed by atoms with Gasteiger partial charge in [0, 0.05) is 25.0 Å². The van der Waals surface area contributed by atoms with Gasteiger partial charge in [0.25, 0.3) is 0 Å². The molecule has 132 valence electrons. The lowest BCUT2D eigenvalue weighted by Gasteiger charge is -2.23. The van der Waals surface area contributed by atoms with Crippen molar-refractivity contribution in [3.8, 4) is 0 Å². The van der Waals surface area contributed by atoms with Crippen molar-refractivity contribution in [3.63, 3.8) is 0 Å². The molecule has 1 aliphatic rings. The number of aryl methyl sites for hydroxylation is 2. The first-order valence-corrected chi connectivity index (χ1v) is 8.66. The monoisotopic (exact) mass is 341 g/mol. The molecule has 0 saturated heterocycles. The molecule has 6 nitrogen and oxygen atoms in total. The number of fused-ring (bicyclic) bond motifs is 1. The van der Waals surface area contributed by atoms with Gasteiger partial charge in [-0.1, -0.05) is 0 Å². The lowest BCUT2D eigenvalue weighted by molar-refractivity contribution is -0.118. The second-order valence-corrected chi connectivity index (χ2v) is 6.18. The molecule has 0 fully saturated rings. The van der Waals surface area contributed by atoms with Crippen LogP contribution in [0, 0.1) is 0 Å². The lowest BCUT2D eigenvalue weighted by Crippen LogP contribution is -2.33. The van der Waals surface area contributed by atoms with Crippen LogP contribution in [0.15, 0.2) is 30.5 Å². The Labute approximate surface area is 147 Å². The van der Waals surface area contributed by atoms with Crippen LogP contribution >= 0.6 is 0 Å². The van der Waals surface area contributed by atoms with Crippen LogP contribution in [-0.4, -0.2) is 35.3 Å². The molecule has 0 radical (unpaired) electrons. The van der Waals surface area contributed by atoms with Gasteiger partial charge in [0.05, 0.1) is 24.8 Å². The fourth-order valence-corrected chi connectivity index (χ4v) is 3.18. The van der Waals surface area contributed by atoms with Gasteiger partial charge < -0.3 is 9.64 Å². The molecule has 0 unspecified atom stereocenters. The number of carbonyl (C=O) groups excluding carboxylic acids is 2. The summed E-state index contributed by atoms with van der Waals surface area (Å²) in [5.41, 5.74) is 3.22. The number of esters is 1. The zero-order valence-corrected chi connectivity index (χ0v) is 14.7. The number of hydrogen-bond acceptors (Lipinski definition) is 4. The zero-order valence-electron chi connectivity index (χ0n) is 14.7. The second-order valence-electron chi connectivity index (χ2n) is 6.18. The van der Waals surface area contributed by atoms with Gasteiger partial charge in [-0.3, -0.25) is 9.48 Å². The van der Waals surface area contributed by atoms with Crippen molar-refractivity contribution in [3.05, 3.63) is 47.3 Å². The summed E-state index contributed by atoms with van der Waals surface area (Å²) in [5, 5.41) is 4.40. The maximum atomic E-state index is 12.8. The van der Waals surface area contributed by atoms with E-state index in [9.17, 15) is 9.59 Å². The molecule has 1 aromatic heterocycles. The number of amides is 1. The van der Waals surface area contributed by atoms with Gasteiger partial charge in [-0.05, 0) is 56.0 Å². The Balaban J connectivity index is 1.84. The highest BCUT2D eigenvalue weighted by atomic mass is 16.5. The Bertz CT molecular complexity index is 782. The topological polar surface area (TPSA) is 64.4 Å². The first kappa shape index (κ1) is 17.2. The predicted octanol–water partition coefficient (Wildman–Crippen LogP) is 2.60. The van der Waals surface area contributed by atoms with Gasteiger partial charge in [0.2, 0.25) is 5.91 Å². The van der Waals surface area contributed by atoms with E-state index in [0.29, 0.717) is 12.1 Å². The zero-order chi connectivity index (χ0) is 17.8. The molecule has 1 aliphatic heterocycles. The van der Waals surface area contributed by atoms with E-state index in [4.69, 9.17) is 4.74 Å². The van der Waals surface area contributed by atoms with Crippen molar-refractivity contribution in [2.24, 2.45) is 0 Å². The molecule has 0 saturated carbocycles.